The molecule has 0 saturated carbocycles. The molecular formula is C15H23N5S. The van der Waals surface area contributed by atoms with Gasteiger partial charge in [-0.2, -0.15) is 0 Å². The molecule has 0 aliphatic heterocycles. The summed E-state index contributed by atoms with van der Waals surface area (Å²) in [4.78, 5) is 11.0. The largest absolute Gasteiger partial charge is 0.301 e. The van der Waals surface area contributed by atoms with E-state index in [4.69, 9.17) is 0 Å². The van der Waals surface area contributed by atoms with Crippen LogP contribution in [0.4, 0.5) is 10.9 Å². The number of hydrogen-bond acceptors (Lipinski definition) is 6. The van der Waals surface area contributed by atoms with Gasteiger partial charge in [-0.05, 0) is 5.92 Å². The van der Waals surface area contributed by atoms with Gasteiger partial charge in [-0.3, -0.25) is 0 Å². The molecule has 2 aromatic rings. The van der Waals surface area contributed by atoms with Crippen LogP contribution in [-0.4, -0.2) is 26.7 Å². The van der Waals surface area contributed by atoms with Gasteiger partial charge in [0.25, 0.3) is 0 Å². The Bertz CT molecular complexity index is 562. The molecule has 0 bridgehead atoms. The third-order valence-electron chi connectivity index (χ3n) is 3.47. The summed E-state index contributed by atoms with van der Waals surface area (Å²) >= 11 is 1.53. The van der Waals surface area contributed by atoms with Gasteiger partial charge in [0, 0.05) is 18.0 Å². The van der Waals surface area contributed by atoms with Crippen molar-refractivity contribution in [1.29, 1.82) is 0 Å². The molecule has 0 aliphatic rings. The molecule has 0 amide bonds. The minimum atomic E-state index is 0.000854. The molecule has 2 aromatic heterocycles. The second-order valence-electron chi connectivity index (χ2n) is 6.36. The highest BCUT2D eigenvalue weighted by atomic mass is 32.1. The maximum Gasteiger partial charge on any atom is 0.213 e. The SMILES string of the molecule is CCC(C)CN(c1cc(C(C)(C)C)ncn1)c1nncs1. The van der Waals surface area contributed by atoms with Crippen LogP contribution in [-0.2, 0) is 5.41 Å². The van der Waals surface area contributed by atoms with Gasteiger partial charge < -0.3 is 4.90 Å². The van der Waals surface area contributed by atoms with E-state index in [1.54, 1.807) is 11.8 Å². The summed E-state index contributed by atoms with van der Waals surface area (Å²) in [6.07, 6.45) is 2.76. The normalized spacial score (nSPS) is 13.2. The Morgan fingerprint density at radius 1 is 1.29 bits per heavy atom. The van der Waals surface area contributed by atoms with E-state index >= 15 is 0 Å². The van der Waals surface area contributed by atoms with Crippen molar-refractivity contribution in [2.24, 2.45) is 5.92 Å². The molecule has 2 heterocycles. The van der Waals surface area contributed by atoms with E-state index in [1.807, 2.05) is 0 Å². The van der Waals surface area contributed by atoms with Crippen molar-refractivity contribution in [1.82, 2.24) is 20.2 Å². The van der Waals surface area contributed by atoms with Gasteiger partial charge in [0.2, 0.25) is 5.13 Å². The summed E-state index contributed by atoms with van der Waals surface area (Å²) < 4.78 is 0. The fourth-order valence-corrected chi connectivity index (χ4v) is 2.48. The van der Waals surface area contributed by atoms with Crippen LogP contribution < -0.4 is 4.90 Å². The van der Waals surface area contributed by atoms with Crippen molar-refractivity contribution < 1.29 is 0 Å². The van der Waals surface area contributed by atoms with Crippen LogP contribution in [0.2, 0.25) is 0 Å². The summed E-state index contributed by atoms with van der Waals surface area (Å²) in [6.45, 7) is 11.8. The second-order valence-corrected chi connectivity index (χ2v) is 7.17. The van der Waals surface area contributed by atoms with E-state index in [0.29, 0.717) is 5.92 Å². The lowest BCUT2D eigenvalue weighted by atomic mass is 9.92. The minimum absolute atomic E-state index is 0.000854. The Kier molecular flexibility index (Phi) is 4.88. The molecule has 114 valence electrons. The fourth-order valence-electron chi connectivity index (χ4n) is 1.90. The molecule has 6 heteroatoms. The van der Waals surface area contributed by atoms with Gasteiger partial charge in [-0.1, -0.05) is 52.4 Å². The summed E-state index contributed by atoms with van der Waals surface area (Å²) in [5.41, 5.74) is 2.79. The Hall–Kier alpha value is -1.56. The van der Waals surface area contributed by atoms with Crippen molar-refractivity contribution in [3.05, 3.63) is 23.6 Å². The molecule has 1 atom stereocenters. The first-order valence-corrected chi connectivity index (χ1v) is 8.16. The molecule has 2 rings (SSSR count). The maximum atomic E-state index is 4.45. The van der Waals surface area contributed by atoms with Gasteiger partial charge in [0.05, 0.1) is 5.69 Å². The van der Waals surface area contributed by atoms with Gasteiger partial charge >= 0.3 is 0 Å². The van der Waals surface area contributed by atoms with Crippen LogP contribution in [0.25, 0.3) is 0 Å². The zero-order valence-corrected chi connectivity index (χ0v) is 14.2. The predicted molar refractivity (Wildman–Crippen MR) is 87.1 cm³/mol. The van der Waals surface area contributed by atoms with E-state index < -0.39 is 0 Å². The minimum Gasteiger partial charge on any atom is -0.301 e. The topological polar surface area (TPSA) is 54.8 Å². The van der Waals surface area contributed by atoms with E-state index in [2.05, 4.69) is 65.8 Å². The predicted octanol–water partition coefficient (Wildman–Crippen LogP) is 3.81. The van der Waals surface area contributed by atoms with Crippen LogP contribution in [0.5, 0.6) is 0 Å². The lowest BCUT2D eigenvalue weighted by molar-refractivity contribution is 0.557. The van der Waals surface area contributed by atoms with Gasteiger partial charge in [-0.25, -0.2) is 9.97 Å². The molecule has 0 radical (unpaired) electrons. The molecule has 0 aliphatic carbocycles. The Morgan fingerprint density at radius 3 is 2.62 bits per heavy atom. The van der Waals surface area contributed by atoms with Crippen LogP contribution in [0.1, 0.15) is 46.7 Å². The standard InChI is InChI=1S/C15H23N5S/c1-6-11(2)8-20(14-19-18-10-21-14)13-7-12(15(3,4)5)16-9-17-13/h7,9-11H,6,8H2,1-5H3. The van der Waals surface area contributed by atoms with Crippen molar-refractivity contribution in [3.8, 4) is 0 Å². The number of aromatic nitrogens is 4. The van der Waals surface area contributed by atoms with Crippen molar-refractivity contribution in [3.63, 3.8) is 0 Å². The van der Waals surface area contributed by atoms with E-state index in [9.17, 15) is 0 Å². The average Bonchev–Trinajstić information content (AvgIpc) is 2.97. The molecular weight excluding hydrogens is 282 g/mol. The van der Waals surface area contributed by atoms with Crippen molar-refractivity contribution >= 4 is 22.3 Å². The molecule has 0 N–H and O–H groups in total. The van der Waals surface area contributed by atoms with Crippen LogP contribution >= 0.6 is 11.3 Å². The Balaban J connectivity index is 2.37. The summed E-state index contributed by atoms with van der Waals surface area (Å²) in [6, 6.07) is 2.06. The van der Waals surface area contributed by atoms with E-state index in [0.717, 1.165) is 29.6 Å². The van der Waals surface area contributed by atoms with Crippen LogP contribution in [0.3, 0.4) is 0 Å². The lowest BCUT2D eigenvalue weighted by Crippen LogP contribution is -2.25. The Morgan fingerprint density at radius 2 is 2.05 bits per heavy atom. The average molecular weight is 305 g/mol. The molecule has 0 saturated heterocycles. The molecule has 0 aromatic carbocycles. The number of hydrogen-bond donors (Lipinski definition) is 0. The van der Waals surface area contributed by atoms with E-state index in [-0.39, 0.29) is 5.41 Å². The second kappa shape index (κ2) is 6.47. The first kappa shape index (κ1) is 15.8. The number of anilines is 2. The molecule has 0 fully saturated rings. The zero-order chi connectivity index (χ0) is 15.5. The van der Waals surface area contributed by atoms with Gasteiger partial charge in [-0.15, -0.1) is 10.2 Å². The number of rotatable bonds is 5. The van der Waals surface area contributed by atoms with Crippen LogP contribution in [0.15, 0.2) is 17.9 Å². The summed E-state index contributed by atoms with van der Waals surface area (Å²) in [7, 11) is 0. The van der Waals surface area contributed by atoms with Crippen molar-refractivity contribution in [2.45, 2.75) is 46.5 Å². The molecule has 0 spiro atoms. The maximum absolute atomic E-state index is 4.45. The Labute approximate surface area is 130 Å². The highest BCUT2D eigenvalue weighted by molar-refractivity contribution is 7.13. The molecule has 1 unspecified atom stereocenters. The molecule has 5 nitrogen and oxygen atoms in total. The van der Waals surface area contributed by atoms with Gasteiger partial charge in [0.15, 0.2) is 0 Å². The fraction of sp³-hybridized carbons (Fsp3) is 0.600. The number of nitrogens with zero attached hydrogens (tertiary/aromatic N) is 5. The third-order valence-corrected chi connectivity index (χ3v) is 4.18. The van der Waals surface area contributed by atoms with E-state index in [1.165, 1.54) is 11.3 Å². The first-order chi connectivity index (χ1) is 9.91. The third kappa shape index (κ3) is 3.97. The smallest absolute Gasteiger partial charge is 0.213 e. The highest BCUT2D eigenvalue weighted by Crippen LogP contribution is 2.29. The lowest BCUT2D eigenvalue weighted by Gasteiger charge is -2.25. The quantitative estimate of drug-likeness (QED) is 0.840. The van der Waals surface area contributed by atoms with Gasteiger partial charge in [0.1, 0.15) is 17.7 Å². The summed E-state index contributed by atoms with van der Waals surface area (Å²) in [5, 5.41) is 9.05. The monoisotopic (exact) mass is 305 g/mol. The van der Waals surface area contributed by atoms with Crippen LogP contribution in [0, 0.1) is 5.92 Å². The summed E-state index contributed by atoms with van der Waals surface area (Å²) in [5.74, 6) is 1.45. The highest BCUT2D eigenvalue weighted by Gasteiger charge is 2.21. The molecule has 21 heavy (non-hydrogen) atoms. The first-order valence-electron chi connectivity index (χ1n) is 7.28. The zero-order valence-electron chi connectivity index (χ0n) is 13.4. The van der Waals surface area contributed by atoms with Crippen molar-refractivity contribution in [2.75, 3.05) is 11.4 Å².